The van der Waals surface area contributed by atoms with Crippen LogP contribution < -0.4 is 10.6 Å². The molecule has 5 nitrogen and oxygen atoms in total. The van der Waals surface area contributed by atoms with E-state index in [9.17, 15) is 14.7 Å². The van der Waals surface area contributed by atoms with Gasteiger partial charge in [-0.3, -0.25) is 14.9 Å². The second kappa shape index (κ2) is 6.34. The Kier molecular flexibility index (Phi) is 4.91. The number of carbonyl (C=O) groups is 2. The summed E-state index contributed by atoms with van der Waals surface area (Å²) in [5.74, 6) is 1.22. The van der Waals surface area contributed by atoms with Gasteiger partial charge < -0.3 is 10.4 Å². The quantitative estimate of drug-likeness (QED) is 0.669. The zero-order valence-electron chi connectivity index (χ0n) is 13.3. The molecule has 5 atom stereocenters. The average Bonchev–Trinajstić information content (AvgIpc) is 3.07. The number of rotatable bonds is 7. The maximum Gasteiger partial charge on any atom is 0.323 e. The first-order chi connectivity index (χ1) is 9.85. The third-order valence-electron chi connectivity index (χ3n) is 5.64. The fraction of sp³-hybridized carbons (Fsp3) is 0.875. The molecule has 0 aliphatic heterocycles. The maximum absolute atomic E-state index is 12.0. The minimum Gasteiger partial charge on any atom is -0.480 e. The molecule has 2 aliphatic rings. The fourth-order valence-corrected chi connectivity index (χ4v) is 3.95. The lowest BCUT2D eigenvalue weighted by atomic mass is 9.84. The van der Waals surface area contributed by atoms with Crippen LogP contribution in [-0.2, 0) is 9.59 Å². The van der Waals surface area contributed by atoms with Crippen molar-refractivity contribution in [2.45, 2.75) is 64.5 Å². The van der Waals surface area contributed by atoms with Gasteiger partial charge in [-0.25, -0.2) is 0 Å². The van der Waals surface area contributed by atoms with Crippen molar-refractivity contribution in [1.82, 2.24) is 10.6 Å². The molecule has 0 radical (unpaired) electrons. The van der Waals surface area contributed by atoms with Crippen molar-refractivity contribution in [2.75, 3.05) is 6.54 Å². The smallest absolute Gasteiger partial charge is 0.323 e. The zero-order valence-corrected chi connectivity index (χ0v) is 13.3. The van der Waals surface area contributed by atoms with E-state index in [0.717, 1.165) is 11.8 Å². The summed E-state index contributed by atoms with van der Waals surface area (Å²) in [6, 6.07) is 0.187. The molecule has 2 aliphatic carbocycles. The van der Waals surface area contributed by atoms with E-state index in [0.29, 0.717) is 12.3 Å². The Morgan fingerprint density at radius 2 is 2.05 bits per heavy atom. The largest absolute Gasteiger partial charge is 0.480 e. The third-order valence-corrected chi connectivity index (χ3v) is 5.64. The first kappa shape index (κ1) is 16.3. The summed E-state index contributed by atoms with van der Waals surface area (Å²) in [6.07, 6.45) is 5.67. The van der Waals surface area contributed by atoms with Gasteiger partial charge >= 0.3 is 5.97 Å². The number of carboxylic acids is 1. The Labute approximate surface area is 126 Å². The van der Waals surface area contributed by atoms with Crippen LogP contribution >= 0.6 is 0 Å². The van der Waals surface area contributed by atoms with Crippen LogP contribution in [0.25, 0.3) is 0 Å². The molecule has 0 heterocycles. The highest BCUT2D eigenvalue weighted by molar-refractivity contribution is 5.82. The Morgan fingerprint density at radius 3 is 2.52 bits per heavy atom. The Hall–Kier alpha value is -1.10. The van der Waals surface area contributed by atoms with Crippen LogP contribution in [0.5, 0.6) is 0 Å². The fourth-order valence-electron chi connectivity index (χ4n) is 3.95. The second-order valence-electron chi connectivity index (χ2n) is 7.04. The molecule has 0 spiro atoms. The number of hydrogen-bond donors (Lipinski definition) is 3. The van der Waals surface area contributed by atoms with E-state index < -0.39 is 11.5 Å². The third kappa shape index (κ3) is 3.57. The molecule has 21 heavy (non-hydrogen) atoms. The van der Waals surface area contributed by atoms with Crippen molar-refractivity contribution >= 4 is 11.9 Å². The van der Waals surface area contributed by atoms with Crippen LogP contribution in [0, 0.1) is 17.8 Å². The lowest BCUT2D eigenvalue weighted by Gasteiger charge is -2.29. The summed E-state index contributed by atoms with van der Waals surface area (Å²) in [6.45, 7) is 5.56. The summed E-state index contributed by atoms with van der Waals surface area (Å²) >= 11 is 0. The van der Waals surface area contributed by atoms with Crippen molar-refractivity contribution < 1.29 is 14.7 Å². The molecular formula is C16H28N2O3. The maximum atomic E-state index is 12.0. The molecule has 1 amide bonds. The summed E-state index contributed by atoms with van der Waals surface area (Å²) in [5, 5.41) is 15.1. The van der Waals surface area contributed by atoms with Gasteiger partial charge in [0.2, 0.25) is 5.91 Å². The van der Waals surface area contributed by atoms with Gasteiger partial charge in [-0.2, -0.15) is 0 Å². The van der Waals surface area contributed by atoms with Crippen LogP contribution in [0.15, 0.2) is 0 Å². The van der Waals surface area contributed by atoms with Crippen molar-refractivity contribution in [3.63, 3.8) is 0 Å². The normalized spacial score (nSPS) is 31.7. The van der Waals surface area contributed by atoms with Gasteiger partial charge in [0, 0.05) is 6.04 Å². The first-order valence-corrected chi connectivity index (χ1v) is 8.13. The van der Waals surface area contributed by atoms with Crippen molar-refractivity contribution in [3.05, 3.63) is 0 Å². The van der Waals surface area contributed by atoms with Crippen LogP contribution in [0.1, 0.15) is 52.9 Å². The monoisotopic (exact) mass is 296 g/mol. The molecule has 0 aromatic heterocycles. The van der Waals surface area contributed by atoms with E-state index in [4.69, 9.17) is 0 Å². The van der Waals surface area contributed by atoms with Crippen molar-refractivity contribution in [3.8, 4) is 0 Å². The van der Waals surface area contributed by atoms with Gasteiger partial charge in [0.05, 0.1) is 6.54 Å². The van der Waals surface area contributed by atoms with E-state index >= 15 is 0 Å². The topological polar surface area (TPSA) is 78.4 Å². The molecule has 5 unspecified atom stereocenters. The van der Waals surface area contributed by atoms with Gasteiger partial charge in [0.15, 0.2) is 0 Å². The van der Waals surface area contributed by atoms with Gasteiger partial charge in [0.1, 0.15) is 5.54 Å². The molecule has 0 aromatic rings. The van der Waals surface area contributed by atoms with Gasteiger partial charge in [-0.15, -0.1) is 0 Å². The number of amides is 1. The predicted octanol–water partition coefficient (Wildman–Crippen LogP) is 1.77. The second-order valence-corrected chi connectivity index (χ2v) is 7.04. The molecule has 5 heteroatoms. The molecule has 2 rings (SSSR count). The number of carboxylic acid groups (broad SMARTS) is 1. The van der Waals surface area contributed by atoms with E-state index in [1.807, 2.05) is 0 Å². The molecule has 120 valence electrons. The van der Waals surface area contributed by atoms with Crippen molar-refractivity contribution in [2.24, 2.45) is 17.8 Å². The minimum atomic E-state index is -1.03. The molecule has 0 aromatic carbocycles. The number of nitrogens with one attached hydrogen (secondary N) is 2. The van der Waals surface area contributed by atoms with Crippen LogP contribution in [0.2, 0.25) is 0 Å². The van der Waals surface area contributed by atoms with Crippen LogP contribution in [0.4, 0.5) is 0 Å². The average molecular weight is 296 g/mol. The summed E-state index contributed by atoms with van der Waals surface area (Å²) in [4.78, 5) is 23.2. The molecule has 2 bridgehead atoms. The molecular weight excluding hydrogens is 268 g/mol. The standard InChI is InChI=1S/C16H28N2O3/c1-4-16(3,15(20)21)17-9-14(19)18-10(2)13-8-11-5-6-12(13)7-11/h10-13,17H,4-9H2,1-3H3,(H,18,19)(H,20,21). The highest BCUT2D eigenvalue weighted by Gasteiger charge is 2.42. The van der Waals surface area contributed by atoms with Crippen LogP contribution in [-0.4, -0.2) is 35.1 Å². The Balaban J connectivity index is 1.78. The number of fused-ring (bicyclic) bond motifs is 2. The van der Waals surface area contributed by atoms with E-state index in [1.54, 1.807) is 13.8 Å². The highest BCUT2D eigenvalue weighted by Crippen LogP contribution is 2.49. The highest BCUT2D eigenvalue weighted by atomic mass is 16.4. The van der Waals surface area contributed by atoms with Gasteiger partial charge in [-0.1, -0.05) is 13.3 Å². The number of carbonyl (C=O) groups excluding carboxylic acids is 1. The van der Waals surface area contributed by atoms with Gasteiger partial charge in [-0.05, 0) is 57.3 Å². The molecule has 0 saturated heterocycles. The van der Waals surface area contributed by atoms with E-state index in [1.165, 1.54) is 25.7 Å². The lowest BCUT2D eigenvalue weighted by molar-refractivity contribution is -0.144. The zero-order chi connectivity index (χ0) is 15.6. The van der Waals surface area contributed by atoms with Crippen molar-refractivity contribution in [1.29, 1.82) is 0 Å². The summed E-state index contributed by atoms with van der Waals surface area (Å²) in [7, 11) is 0. The van der Waals surface area contributed by atoms with E-state index in [2.05, 4.69) is 17.6 Å². The SMILES string of the molecule is CCC(C)(NCC(=O)NC(C)C1CC2CCC1C2)C(=O)O. The van der Waals surface area contributed by atoms with Crippen LogP contribution in [0.3, 0.4) is 0 Å². The summed E-state index contributed by atoms with van der Waals surface area (Å²) in [5.41, 5.74) is -1.03. The number of aliphatic carboxylic acids is 1. The number of hydrogen-bond acceptors (Lipinski definition) is 3. The molecule has 2 fully saturated rings. The Morgan fingerprint density at radius 1 is 1.33 bits per heavy atom. The molecule has 3 N–H and O–H groups in total. The minimum absolute atomic E-state index is 0.0573. The summed E-state index contributed by atoms with van der Waals surface area (Å²) < 4.78 is 0. The predicted molar refractivity (Wildman–Crippen MR) is 80.9 cm³/mol. The van der Waals surface area contributed by atoms with Gasteiger partial charge in [0.25, 0.3) is 0 Å². The van der Waals surface area contributed by atoms with E-state index in [-0.39, 0.29) is 18.5 Å². The Bertz CT molecular complexity index is 412. The molecule has 2 saturated carbocycles. The lowest BCUT2D eigenvalue weighted by Crippen LogP contribution is -2.53. The first-order valence-electron chi connectivity index (χ1n) is 8.13.